The molecule has 24 heavy (non-hydrogen) atoms. The fourth-order valence-electron chi connectivity index (χ4n) is 2.38. The molecule has 0 aliphatic heterocycles. The summed E-state index contributed by atoms with van der Waals surface area (Å²) < 4.78 is 2.20. The maximum absolute atomic E-state index is 4.44. The predicted molar refractivity (Wildman–Crippen MR) is 114 cm³/mol. The van der Waals surface area contributed by atoms with Crippen molar-refractivity contribution in [3.63, 3.8) is 0 Å². The molecule has 0 radical (unpaired) electrons. The van der Waals surface area contributed by atoms with Crippen LogP contribution in [0.3, 0.4) is 0 Å². The molecule has 6 heteroatoms. The third-order valence-corrected chi connectivity index (χ3v) is 3.71. The van der Waals surface area contributed by atoms with Crippen LogP contribution in [0.4, 0.5) is 0 Å². The number of imidazole rings is 1. The third-order valence-electron chi connectivity index (χ3n) is 3.71. The van der Waals surface area contributed by atoms with Gasteiger partial charge in [-0.3, -0.25) is 4.99 Å². The van der Waals surface area contributed by atoms with Gasteiger partial charge in [-0.25, -0.2) is 4.98 Å². The maximum Gasteiger partial charge on any atom is 0.191 e. The first-order chi connectivity index (χ1) is 10.7. The second-order valence-electron chi connectivity index (χ2n) is 7.96. The Labute approximate surface area is 165 Å². The molecule has 5 nitrogen and oxygen atoms in total. The van der Waals surface area contributed by atoms with Gasteiger partial charge in [0.25, 0.3) is 0 Å². The molecule has 2 N–H and O–H groups in total. The number of hydrogen-bond donors (Lipinski definition) is 2. The van der Waals surface area contributed by atoms with Crippen molar-refractivity contribution >= 4 is 29.9 Å². The van der Waals surface area contributed by atoms with Crippen LogP contribution < -0.4 is 10.6 Å². The predicted octanol–water partition coefficient (Wildman–Crippen LogP) is 4.04. The maximum atomic E-state index is 4.44. The Kier molecular flexibility index (Phi) is 10.6. The fourth-order valence-corrected chi connectivity index (χ4v) is 2.38. The Morgan fingerprint density at radius 2 is 1.96 bits per heavy atom. The molecule has 0 amide bonds. The van der Waals surface area contributed by atoms with Gasteiger partial charge in [0.05, 0.1) is 6.54 Å². The van der Waals surface area contributed by atoms with Crippen LogP contribution in [-0.2, 0) is 13.1 Å². The lowest BCUT2D eigenvalue weighted by Gasteiger charge is -2.23. The molecule has 0 saturated carbocycles. The third kappa shape index (κ3) is 9.49. The van der Waals surface area contributed by atoms with Gasteiger partial charge in [-0.1, -0.05) is 34.6 Å². The van der Waals surface area contributed by atoms with E-state index in [1.54, 1.807) is 0 Å². The largest absolute Gasteiger partial charge is 0.354 e. The molecule has 0 aliphatic carbocycles. The molecular weight excluding hydrogens is 413 g/mol. The summed E-state index contributed by atoms with van der Waals surface area (Å²) in [6, 6.07) is 0.399. The SMILES string of the molecule is CN=C(NCc1nccn1CC(C)C)NC(C)CCC(C)(C)C.I. The number of rotatable bonds is 7. The number of nitrogens with zero attached hydrogens (tertiary/aromatic N) is 3. The van der Waals surface area contributed by atoms with Crippen molar-refractivity contribution < 1.29 is 0 Å². The summed E-state index contributed by atoms with van der Waals surface area (Å²) in [6.45, 7) is 15.2. The van der Waals surface area contributed by atoms with Gasteiger partial charge in [0.15, 0.2) is 5.96 Å². The van der Waals surface area contributed by atoms with Gasteiger partial charge in [0.2, 0.25) is 0 Å². The number of aromatic nitrogens is 2. The van der Waals surface area contributed by atoms with Gasteiger partial charge in [0, 0.05) is 32.0 Å². The highest BCUT2D eigenvalue weighted by atomic mass is 127. The molecule has 1 heterocycles. The highest BCUT2D eigenvalue weighted by Crippen LogP contribution is 2.21. The van der Waals surface area contributed by atoms with Crippen molar-refractivity contribution in [2.75, 3.05) is 7.05 Å². The molecular formula is C18H36IN5. The number of aliphatic imine (C=N–C) groups is 1. The number of nitrogens with one attached hydrogen (secondary N) is 2. The number of guanidine groups is 1. The number of halogens is 1. The minimum atomic E-state index is 0. The smallest absolute Gasteiger partial charge is 0.191 e. The highest BCUT2D eigenvalue weighted by molar-refractivity contribution is 14.0. The molecule has 0 aromatic carbocycles. The zero-order chi connectivity index (χ0) is 17.5. The quantitative estimate of drug-likeness (QED) is 0.376. The molecule has 0 fully saturated rings. The van der Waals surface area contributed by atoms with Crippen LogP contribution in [0.2, 0.25) is 0 Å². The first kappa shape index (κ1) is 23.2. The van der Waals surface area contributed by atoms with Gasteiger partial charge < -0.3 is 15.2 Å². The van der Waals surface area contributed by atoms with Crippen LogP contribution in [0.1, 0.15) is 60.2 Å². The molecule has 1 aromatic heterocycles. The fraction of sp³-hybridized carbons (Fsp3) is 0.778. The van der Waals surface area contributed by atoms with Gasteiger partial charge in [-0.15, -0.1) is 24.0 Å². The van der Waals surface area contributed by atoms with Gasteiger partial charge in [0.1, 0.15) is 5.82 Å². The van der Waals surface area contributed by atoms with E-state index >= 15 is 0 Å². The zero-order valence-electron chi connectivity index (χ0n) is 16.4. The standard InChI is InChI=1S/C18H35N5.HI/c1-14(2)13-23-11-10-20-16(23)12-21-17(19-7)22-15(3)8-9-18(4,5)6;/h10-11,14-15H,8-9,12-13H2,1-7H3,(H2,19,21,22);1H. The van der Waals surface area contributed by atoms with E-state index in [1.807, 2.05) is 19.4 Å². The monoisotopic (exact) mass is 449 g/mol. The summed E-state index contributed by atoms with van der Waals surface area (Å²) in [6.07, 6.45) is 6.23. The molecule has 1 atom stereocenters. The molecule has 1 rings (SSSR count). The van der Waals surface area contributed by atoms with Crippen LogP contribution >= 0.6 is 24.0 Å². The van der Waals surface area contributed by atoms with E-state index in [0.29, 0.717) is 23.9 Å². The second-order valence-corrected chi connectivity index (χ2v) is 7.96. The Balaban J connectivity index is 0.00000529. The van der Waals surface area contributed by atoms with Gasteiger partial charge >= 0.3 is 0 Å². The normalized spacial score (nSPS) is 13.6. The van der Waals surface area contributed by atoms with Crippen LogP contribution in [-0.4, -0.2) is 28.6 Å². The molecule has 1 unspecified atom stereocenters. The Hall–Kier alpha value is -0.790. The van der Waals surface area contributed by atoms with E-state index in [1.165, 1.54) is 6.42 Å². The first-order valence-corrected chi connectivity index (χ1v) is 8.68. The van der Waals surface area contributed by atoms with Crippen molar-refractivity contribution in [1.29, 1.82) is 0 Å². The van der Waals surface area contributed by atoms with E-state index in [0.717, 1.165) is 24.7 Å². The lowest BCUT2D eigenvalue weighted by Crippen LogP contribution is -2.42. The van der Waals surface area contributed by atoms with Gasteiger partial charge in [-0.05, 0) is 31.1 Å². The summed E-state index contributed by atoms with van der Waals surface area (Å²) in [5.74, 6) is 2.49. The van der Waals surface area contributed by atoms with Crippen LogP contribution in [0.5, 0.6) is 0 Å². The summed E-state index contributed by atoms with van der Waals surface area (Å²) in [5, 5.41) is 6.83. The average Bonchev–Trinajstić information content (AvgIpc) is 2.87. The van der Waals surface area contributed by atoms with Crippen LogP contribution in [0.15, 0.2) is 17.4 Å². The van der Waals surface area contributed by atoms with E-state index in [9.17, 15) is 0 Å². The average molecular weight is 449 g/mol. The minimum Gasteiger partial charge on any atom is -0.354 e. The first-order valence-electron chi connectivity index (χ1n) is 8.68. The zero-order valence-corrected chi connectivity index (χ0v) is 18.7. The summed E-state index contributed by atoms with van der Waals surface area (Å²) in [5.41, 5.74) is 0.370. The van der Waals surface area contributed by atoms with Crippen molar-refractivity contribution in [3.05, 3.63) is 18.2 Å². The van der Waals surface area contributed by atoms with E-state index in [-0.39, 0.29) is 24.0 Å². The van der Waals surface area contributed by atoms with E-state index in [4.69, 9.17) is 0 Å². The Morgan fingerprint density at radius 3 is 2.50 bits per heavy atom. The second kappa shape index (κ2) is 10.9. The van der Waals surface area contributed by atoms with Crippen LogP contribution in [0.25, 0.3) is 0 Å². The van der Waals surface area contributed by atoms with Gasteiger partial charge in [-0.2, -0.15) is 0 Å². The minimum absolute atomic E-state index is 0. The molecule has 140 valence electrons. The van der Waals surface area contributed by atoms with E-state index in [2.05, 4.69) is 66.7 Å². The summed E-state index contributed by atoms with van der Waals surface area (Å²) >= 11 is 0. The van der Waals surface area contributed by atoms with Crippen molar-refractivity contribution in [2.24, 2.45) is 16.3 Å². The summed E-state index contributed by atoms with van der Waals surface area (Å²) in [7, 11) is 1.81. The van der Waals surface area contributed by atoms with Crippen molar-refractivity contribution in [2.45, 2.75) is 73.5 Å². The number of hydrogen-bond acceptors (Lipinski definition) is 2. The van der Waals surface area contributed by atoms with Crippen LogP contribution in [0, 0.1) is 11.3 Å². The lowest BCUT2D eigenvalue weighted by molar-refractivity contribution is 0.346. The molecule has 0 aliphatic rings. The molecule has 0 spiro atoms. The Morgan fingerprint density at radius 1 is 1.29 bits per heavy atom. The lowest BCUT2D eigenvalue weighted by atomic mass is 9.89. The Bertz CT molecular complexity index is 488. The highest BCUT2D eigenvalue weighted by Gasteiger charge is 2.13. The molecule has 1 aromatic rings. The molecule has 0 saturated heterocycles. The summed E-state index contributed by atoms with van der Waals surface area (Å²) in [4.78, 5) is 8.76. The van der Waals surface area contributed by atoms with Crippen molar-refractivity contribution in [3.8, 4) is 0 Å². The topological polar surface area (TPSA) is 54.2 Å². The van der Waals surface area contributed by atoms with E-state index < -0.39 is 0 Å². The molecule has 0 bridgehead atoms. The van der Waals surface area contributed by atoms with Crippen molar-refractivity contribution in [1.82, 2.24) is 20.2 Å².